The highest BCUT2D eigenvalue weighted by Crippen LogP contribution is 2.28. The number of ketones is 1. The number of halogens is 2. The van der Waals surface area contributed by atoms with Crippen molar-refractivity contribution < 1.29 is 13.9 Å². The summed E-state index contributed by atoms with van der Waals surface area (Å²) in [4.78, 5) is 12.1. The SMILES string of the molecule is COc1cc(F)c(Br)cc1C(=O)c1ccsc1. The molecule has 0 atom stereocenters. The quantitative estimate of drug-likeness (QED) is 0.803. The van der Waals surface area contributed by atoms with Crippen LogP contribution in [0.4, 0.5) is 4.39 Å². The molecule has 0 bridgehead atoms. The summed E-state index contributed by atoms with van der Waals surface area (Å²) in [7, 11) is 1.41. The second-order valence-corrected chi connectivity index (χ2v) is 4.94. The van der Waals surface area contributed by atoms with Crippen molar-refractivity contribution in [3.8, 4) is 5.75 Å². The van der Waals surface area contributed by atoms with Crippen LogP contribution >= 0.6 is 27.3 Å². The zero-order valence-corrected chi connectivity index (χ0v) is 11.3. The molecule has 0 amide bonds. The van der Waals surface area contributed by atoms with Crippen LogP contribution in [-0.2, 0) is 0 Å². The molecule has 0 aliphatic carbocycles. The van der Waals surface area contributed by atoms with Gasteiger partial charge < -0.3 is 4.74 Å². The van der Waals surface area contributed by atoms with E-state index in [2.05, 4.69) is 15.9 Å². The zero-order chi connectivity index (χ0) is 12.4. The average molecular weight is 315 g/mol. The number of rotatable bonds is 3. The van der Waals surface area contributed by atoms with Gasteiger partial charge in [-0.3, -0.25) is 4.79 Å². The van der Waals surface area contributed by atoms with Gasteiger partial charge in [0.1, 0.15) is 11.6 Å². The molecule has 5 heteroatoms. The van der Waals surface area contributed by atoms with Gasteiger partial charge >= 0.3 is 0 Å². The van der Waals surface area contributed by atoms with Gasteiger partial charge in [-0.15, -0.1) is 0 Å². The molecule has 88 valence electrons. The number of thiophene rings is 1. The maximum atomic E-state index is 13.3. The summed E-state index contributed by atoms with van der Waals surface area (Å²) in [5.41, 5.74) is 0.922. The lowest BCUT2D eigenvalue weighted by Crippen LogP contribution is -2.03. The number of carbonyl (C=O) groups excluding carboxylic acids is 1. The Hall–Kier alpha value is -1.20. The summed E-state index contributed by atoms with van der Waals surface area (Å²) in [6.07, 6.45) is 0. The fourth-order valence-electron chi connectivity index (χ4n) is 1.42. The Labute approximate surface area is 110 Å². The molecule has 0 spiro atoms. The van der Waals surface area contributed by atoms with Crippen LogP contribution < -0.4 is 4.74 Å². The molecule has 1 aromatic carbocycles. The van der Waals surface area contributed by atoms with Crippen molar-refractivity contribution in [1.82, 2.24) is 0 Å². The molecule has 0 saturated carbocycles. The lowest BCUT2D eigenvalue weighted by atomic mass is 10.1. The summed E-state index contributed by atoms with van der Waals surface area (Å²) < 4.78 is 18.6. The molecule has 0 fully saturated rings. The minimum atomic E-state index is -0.455. The first-order chi connectivity index (χ1) is 8.13. The number of carbonyl (C=O) groups is 1. The number of benzene rings is 1. The predicted octanol–water partition coefficient (Wildman–Crippen LogP) is 3.89. The largest absolute Gasteiger partial charge is 0.496 e. The van der Waals surface area contributed by atoms with Crippen molar-refractivity contribution in [3.63, 3.8) is 0 Å². The average Bonchev–Trinajstić information content (AvgIpc) is 2.84. The van der Waals surface area contributed by atoms with E-state index in [4.69, 9.17) is 4.74 Å². The number of ether oxygens (including phenoxy) is 1. The van der Waals surface area contributed by atoms with E-state index in [9.17, 15) is 9.18 Å². The minimum Gasteiger partial charge on any atom is -0.496 e. The van der Waals surface area contributed by atoms with Crippen LogP contribution in [0.1, 0.15) is 15.9 Å². The van der Waals surface area contributed by atoms with Crippen LogP contribution in [0.15, 0.2) is 33.4 Å². The maximum Gasteiger partial charge on any atom is 0.197 e. The summed E-state index contributed by atoms with van der Waals surface area (Å²) in [6.45, 7) is 0. The monoisotopic (exact) mass is 314 g/mol. The normalized spacial score (nSPS) is 10.3. The molecule has 2 rings (SSSR count). The van der Waals surface area contributed by atoms with Crippen molar-refractivity contribution in [2.24, 2.45) is 0 Å². The van der Waals surface area contributed by atoms with Crippen LogP contribution in [0.3, 0.4) is 0 Å². The van der Waals surface area contributed by atoms with E-state index in [1.807, 2.05) is 5.38 Å². The molecule has 0 radical (unpaired) electrons. The van der Waals surface area contributed by atoms with Crippen molar-refractivity contribution in [3.05, 3.63) is 50.4 Å². The van der Waals surface area contributed by atoms with Crippen molar-refractivity contribution in [1.29, 1.82) is 0 Å². The molecule has 1 aromatic heterocycles. The highest BCUT2D eigenvalue weighted by molar-refractivity contribution is 9.10. The second-order valence-electron chi connectivity index (χ2n) is 3.31. The molecule has 2 aromatic rings. The van der Waals surface area contributed by atoms with E-state index in [-0.39, 0.29) is 16.0 Å². The summed E-state index contributed by atoms with van der Waals surface area (Å²) in [6, 6.07) is 4.36. The Kier molecular flexibility index (Phi) is 3.59. The zero-order valence-electron chi connectivity index (χ0n) is 8.87. The van der Waals surface area contributed by atoms with E-state index < -0.39 is 5.82 Å². The minimum absolute atomic E-state index is 0.177. The van der Waals surface area contributed by atoms with Crippen LogP contribution in [-0.4, -0.2) is 12.9 Å². The topological polar surface area (TPSA) is 26.3 Å². The third kappa shape index (κ3) is 2.40. The van der Waals surface area contributed by atoms with Crippen molar-refractivity contribution in [2.45, 2.75) is 0 Å². The summed E-state index contributed by atoms with van der Waals surface area (Å²) >= 11 is 4.50. The van der Waals surface area contributed by atoms with E-state index in [0.29, 0.717) is 11.1 Å². The molecule has 17 heavy (non-hydrogen) atoms. The van der Waals surface area contributed by atoms with Gasteiger partial charge in [-0.2, -0.15) is 11.3 Å². The number of hydrogen-bond donors (Lipinski definition) is 0. The fourth-order valence-corrected chi connectivity index (χ4v) is 2.40. The lowest BCUT2D eigenvalue weighted by Gasteiger charge is -2.08. The Morgan fingerprint density at radius 1 is 1.47 bits per heavy atom. The predicted molar refractivity (Wildman–Crippen MR) is 68.4 cm³/mol. The molecule has 1 heterocycles. The highest BCUT2D eigenvalue weighted by Gasteiger charge is 2.17. The third-order valence-corrected chi connectivity index (χ3v) is 3.56. The van der Waals surface area contributed by atoms with Gasteiger partial charge in [0, 0.05) is 17.0 Å². The molecule has 0 N–H and O–H groups in total. The summed E-state index contributed by atoms with van der Waals surface area (Å²) in [5.74, 6) is -0.394. The smallest absolute Gasteiger partial charge is 0.197 e. The van der Waals surface area contributed by atoms with Gasteiger partial charge in [-0.25, -0.2) is 4.39 Å². The van der Waals surface area contributed by atoms with Gasteiger partial charge in [0.15, 0.2) is 5.78 Å². The molecule has 0 unspecified atom stereocenters. The third-order valence-electron chi connectivity index (χ3n) is 2.27. The Balaban J connectivity index is 2.51. The standard InChI is InChI=1S/C12H8BrFO2S/c1-16-11-5-10(14)9(13)4-8(11)12(15)7-2-3-17-6-7/h2-6H,1H3. The first-order valence-electron chi connectivity index (χ1n) is 4.73. The maximum absolute atomic E-state index is 13.3. The first kappa shape index (κ1) is 12.3. The van der Waals surface area contributed by atoms with Crippen LogP contribution in [0.5, 0.6) is 5.75 Å². The van der Waals surface area contributed by atoms with E-state index in [1.165, 1.54) is 30.6 Å². The molecule has 2 nitrogen and oxygen atoms in total. The van der Waals surface area contributed by atoms with Crippen molar-refractivity contribution >= 4 is 33.0 Å². The second kappa shape index (κ2) is 4.98. The number of hydrogen-bond acceptors (Lipinski definition) is 3. The number of methoxy groups -OCH3 is 1. The van der Waals surface area contributed by atoms with E-state index >= 15 is 0 Å². The molecular weight excluding hydrogens is 307 g/mol. The first-order valence-corrected chi connectivity index (χ1v) is 6.47. The van der Waals surface area contributed by atoms with Gasteiger partial charge in [0.05, 0.1) is 17.1 Å². The van der Waals surface area contributed by atoms with Crippen molar-refractivity contribution in [2.75, 3.05) is 7.11 Å². The van der Waals surface area contributed by atoms with Crippen LogP contribution in [0, 0.1) is 5.82 Å². The van der Waals surface area contributed by atoms with Gasteiger partial charge in [0.25, 0.3) is 0 Å². The fraction of sp³-hybridized carbons (Fsp3) is 0.0833. The Morgan fingerprint density at radius 2 is 2.24 bits per heavy atom. The van der Waals surface area contributed by atoms with Gasteiger partial charge in [-0.1, -0.05) is 0 Å². The summed E-state index contributed by atoms with van der Waals surface area (Å²) in [5, 5.41) is 3.57. The van der Waals surface area contributed by atoms with E-state index in [1.54, 1.807) is 11.4 Å². The molecule has 0 aliphatic rings. The molecule has 0 saturated heterocycles. The van der Waals surface area contributed by atoms with Crippen LogP contribution in [0.25, 0.3) is 0 Å². The van der Waals surface area contributed by atoms with Crippen LogP contribution in [0.2, 0.25) is 0 Å². The van der Waals surface area contributed by atoms with E-state index in [0.717, 1.165) is 0 Å². The Morgan fingerprint density at radius 3 is 2.82 bits per heavy atom. The van der Waals surface area contributed by atoms with Gasteiger partial charge in [0.2, 0.25) is 0 Å². The highest BCUT2D eigenvalue weighted by atomic mass is 79.9. The molecular formula is C12H8BrFO2S. The molecule has 0 aliphatic heterocycles. The van der Waals surface area contributed by atoms with Gasteiger partial charge in [-0.05, 0) is 33.4 Å². The lowest BCUT2D eigenvalue weighted by molar-refractivity contribution is 0.103. The Bertz CT molecular complexity index is 552.